The third kappa shape index (κ3) is 3.98. The van der Waals surface area contributed by atoms with Gasteiger partial charge in [-0.05, 0) is 48.7 Å². The molecule has 0 amide bonds. The number of benzene rings is 3. The quantitative estimate of drug-likeness (QED) is 0.520. The number of aromatic nitrogens is 2. The summed E-state index contributed by atoms with van der Waals surface area (Å²) in [5, 5.41) is 4.15. The molecule has 0 aliphatic heterocycles. The summed E-state index contributed by atoms with van der Waals surface area (Å²) in [6, 6.07) is 25.8. The Labute approximate surface area is 170 Å². The van der Waals surface area contributed by atoms with E-state index >= 15 is 0 Å². The predicted octanol–water partition coefficient (Wildman–Crippen LogP) is 4.80. The minimum atomic E-state index is -0.0987. The zero-order chi connectivity index (χ0) is 20.2. The van der Waals surface area contributed by atoms with Crippen molar-refractivity contribution in [2.45, 2.75) is 32.9 Å². The van der Waals surface area contributed by atoms with Crippen molar-refractivity contribution in [3.63, 3.8) is 0 Å². The molecule has 4 nitrogen and oxygen atoms in total. The third-order valence-electron chi connectivity index (χ3n) is 5.25. The van der Waals surface area contributed by atoms with Crippen molar-refractivity contribution in [3.8, 4) is 5.69 Å². The first kappa shape index (κ1) is 19.1. The molecule has 146 valence electrons. The number of fused-ring (bicyclic) bond motifs is 1. The number of nitrogens with one attached hydrogen (secondary N) is 1. The molecule has 0 saturated heterocycles. The fraction of sp³-hybridized carbons (Fsp3) is 0.200. The van der Waals surface area contributed by atoms with Gasteiger partial charge in [-0.15, -0.1) is 0 Å². The lowest BCUT2D eigenvalue weighted by Gasteiger charge is -2.20. The molecule has 1 atom stereocenters. The highest BCUT2D eigenvalue weighted by atomic mass is 16.1. The first-order valence-electron chi connectivity index (χ1n) is 10.1. The average molecular weight is 383 g/mol. The highest BCUT2D eigenvalue weighted by Gasteiger charge is 2.17. The second-order valence-electron chi connectivity index (χ2n) is 7.24. The Hall–Kier alpha value is -3.24. The third-order valence-corrected chi connectivity index (χ3v) is 5.25. The van der Waals surface area contributed by atoms with Gasteiger partial charge in [0, 0.05) is 6.54 Å². The van der Waals surface area contributed by atoms with E-state index in [1.54, 1.807) is 4.57 Å². The lowest BCUT2D eigenvalue weighted by atomic mass is 10.1. The van der Waals surface area contributed by atoms with Gasteiger partial charge in [0.25, 0.3) is 5.56 Å². The highest BCUT2D eigenvalue weighted by Crippen LogP contribution is 2.19. The van der Waals surface area contributed by atoms with Crippen molar-refractivity contribution in [3.05, 3.63) is 106 Å². The molecule has 1 heterocycles. The van der Waals surface area contributed by atoms with Crippen LogP contribution in [0.15, 0.2) is 83.7 Å². The molecule has 3 aromatic carbocycles. The first-order valence-corrected chi connectivity index (χ1v) is 10.1. The summed E-state index contributed by atoms with van der Waals surface area (Å²) in [5.41, 5.74) is 3.97. The fourth-order valence-corrected chi connectivity index (χ4v) is 3.53. The normalized spacial score (nSPS) is 12.2. The second kappa shape index (κ2) is 8.41. The largest absolute Gasteiger partial charge is 0.303 e. The monoisotopic (exact) mass is 383 g/mol. The van der Waals surface area contributed by atoms with Crippen LogP contribution in [-0.2, 0) is 13.0 Å². The van der Waals surface area contributed by atoms with Gasteiger partial charge in [-0.2, -0.15) is 0 Å². The Bertz CT molecular complexity index is 1160. The summed E-state index contributed by atoms with van der Waals surface area (Å²) in [6.07, 6.45) is 0.965. The van der Waals surface area contributed by atoms with E-state index < -0.39 is 0 Å². The van der Waals surface area contributed by atoms with Crippen molar-refractivity contribution in [2.24, 2.45) is 0 Å². The van der Waals surface area contributed by atoms with Gasteiger partial charge in [0.2, 0.25) is 0 Å². The number of hydrogen-bond acceptors (Lipinski definition) is 3. The molecule has 0 aliphatic carbocycles. The van der Waals surface area contributed by atoms with E-state index in [1.165, 1.54) is 11.1 Å². The summed E-state index contributed by atoms with van der Waals surface area (Å²) in [4.78, 5) is 18.2. The van der Waals surface area contributed by atoms with E-state index in [4.69, 9.17) is 4.98 Å². The van der Waals surface area contributed by atoms with Gasteiger partial charge >= 0.3 is 0 Å². The van der Waals surface area contributed by atoms with Crippen LogP contribution >= 0.6 is 0 Å². The smallest absolute Gasteiger partial charge is 0.266 e. The van der Waals surface area contributed by atoms with Crippen molar-refractivity contribution < 1.29 is 0 Å². The number of rotatable bonds is 6. The van der Waals surface area contributed by atoms with Crippen LogP contribution in [-0.4, -0.2) is 9.55 Å². The SMILES string of the molecule is CCc1ccc(-n2c([C@@H](C)NCc3ccccc3)nc3ccccc3c2=O)cc1. The molecule has 0 radical (unpaired) electrons. The molecule has 4 aromatic rings. The lowest BCUT2D eigenvalue weighted by molar-refractivity contribution is 0.532. The molecule has 4 heteroatoms. The van der Waals surface area contributed by atoms with E-state index in [1.807, 2.05) is 54.6 Å². The number of para-hydroxylation sites is 1. The van der Waals surface area contributed by atoms with Crippen molar-refractivity contribution >= 4 is 10.9 Å². The van der Waals surface area contributed by atoms with Crippen LogP contribution in [0, 0.1) is 0 Å². The predicted molar refractivity (Wildman–Crippen MR) is 118 cm³/mol. The molecular formula is C25H25N3O. The van der Waals surface area contributed by atoms with E-state index in [-0.39, 0.29) is 11.6 Å². The molecule has 0 bridgehead atoms. The molecule has 0 saturated carbocycles. The second-order valence-corrected chi connectivity index (χ2v) is 7.24. The van der Waals surface area contributed by atoms with Gasteiger partial charge in [-0.25, -0.2) is 4.98 Å². The van der Waals surface area contributed by atoms with Crippen LogP contribution in [0.4, 0.5) is 0 Å². The molecule has 0 fully saturated rings. The minimum Gasteiger partial charge on any atom is -0.303 e. The lowest BCUT2D eigenvalue weighted by Crippen LogP contribution is -2.30. The van der Waals surface area contributed by atoms with Crippen molar-refractivity contribution in [1.82, 2.24) is 14.9 Å². The van der Waals surface area contributed by atoms with Gasteiger partial charge in [0.05, 0.1) is 22.6 Å². The molecule has 0 spiro atoms. The zero-order valence-corrected chi connectivity index (χ0v) is 16.8. The van der Waals surface area contributed by atoms with E-state index in [0.29, 0.717) is 17.8 Å². The van der Waals surface area contributed by atoms with Gasteiger partial charge in [0.15, 0.2) is 0 Å². The van der Waals surface area contributed by atoms with E-state index in [2.05, 4.69) is 43.4 Å². The highest BCUT2D eigenvalue weighted by molar-refractivity contribution is 5.77. The molecule has 0 unspecified atom stereocenters. The Kier molecular flexibility index (Phi) is 5.54. The molecule has 1 N–H and O–H groups in total. The maximum Gasteiger partial charge on any atom is 0.266 e. The van der Waals surface area contributed by atoms with Crippen molar-refractivity contribution in [1.29, 1.82) is 0 Å². The number of hydrogen-bond donors (Lipinski definition) is 1. The summed E-state index contributed by atoms with van der Waals surface area (Å²) in [5.74, 6) is 0.717. The summed E-state index contributed by atoms with van der Waals surface area (Å²) >= 11 is 0. The van der Waals surface area contributed by atoms with Crippen LogP contribution in [0.1, 0.15) is 36.8 Å². The summed E-state index contributed by atoms with van der Waals surface area (Å²) in [7, 11) is 0. The van der Waals surface area contributed by atoms with Crippen LogP contribution < -0.4 is 10.9 Å². The van der Waals surface area contributed by atoms with E-state index in [0.717, 1.165) is 17.6 Å². The maximum atomic E-state index is 13.4. The average Bonchev–Trinajstić information content (AvgIpc) is 2.78. The Morgan fingerprint density at radius 3 is 2.31 bits per heavy atom. The zero-order valence-electron chi connectivity index (χ0n) is 16.8. The first-order chi connectivity index (χ1) is 14.2. The molecule has 0 aliphatic rings. The Balaban J connectivity index is 1.79. The van der Waals surface area contributed by atoms with Gasteiger partial charge < -0.3 is 5.32 Å². The molecule has 1 aromatic heterocycles. The van der Waals surface area contributed by atoms with Gasteiger partial charge in [-0.3, -0.25) is 9.36 Å². The van der Waals surface area contributed by atoms with Crippen LogP contribution in [0.5, 0.6) is 0 Å². The van der Waals surface area contributed by atoms with E-state index in [9.17, 15) is 4.79 Å². The molecule has 29 heavy (non-hydrogen) atoms. The van der Waals surface area contributed by atoms with Crippen LogP contribution in [0.2, 0.25) is 0 Å². The van der Waals surface area contributed by atoms with Crippen LogP contribution in [0.25, 0.3) is 16.6 Å². The Morgan fingerprint density at radius 2 is 1.59 bits per heavy atom. The van der Waals surface area contributed by atoms with Crippen molar-refractivity contribution in [2.75, 3.05) is 0 Å². The minimum absolute atomic E-state index is 0.0387. The van der Waals surface area contributed by atoms with Crippen LogP contribution in [0.3, 0.4) is 0 Å². The number of aryl methyl sites for hydroxylation is 1. The Morgan fingerprint density at radius 1 is 0.897 bits per heavy atom. The number of nitrogens with zero attached hydrogens (tertiary/aromatic N) is 2. The van der Waals surface area contributed by atoms with Gasteiger partial charge in [-0.1, -0.05) is 61.5 Å². The standard InChI is InChI=1S/C25H25N3O/c1-3-19-13-15-21(16-14-19)28-24(18(2)26-17-20-9-5-4-6-10-20)27-23-12-8-7-11-22(23)25(28)29/h4-16,18,26H,3,17H2,1-2H3/t18-/m1/s1. The molecular weight excluding hydrogens is 358 g/mol. The molecule has 4 rings (SSSR count). The van der Waals surface area contributed by atoms with Gasteiger partial charge in [0.1, 0.15) is 5.82 Å². The summed E-state index contributed by atoms with van der Waals surface area (Å²) < 4.78 is 1.74. The maximum absolute atomic E-state index is 13.4. The summed E-state index contributed by atoms with van der Waals surface area (Å²) in [6.45, 7) is 4.88. The topological polar surface area (TPSA) is 46.9 Å². The fourth-order valence-electron chi connectivity index (χ4n) is 3.53.